The van der Waals surface area contributed by atoms with E-state index in [0.717, 1.165) is 16.7 Å². The van der Waals surface area contributed by atoms with Gasteiger partial charge in [-0.3, -0.25) is 14.4 Å². The van der Waals surface area contributed by atoms with E-state index < -0.39 is 34.6 Å². The maximum absolute atomic E-state index is 13.9. The van der Waals surface area contributed by atoms with Crippen LogP contribution in [0.2, 0.25) is 0 Å². The predicted octanol–water partition coefficient (Wildman–Crippen LogP) is 4.77. The van der Waals surface area contributed by atoms with Gasteiger partial charge in [-0.15, -0.1) is 0 Å². The summed E-state index contributed by atoms with van der Waals surface area (Å²) in [6.07, 6.45) is 0.531. The van der Waals surface area contributed by atoms with E-state index in [2.05, 4.69) is 10.6 Å². The number of piperidine rings is 1. The van der Waals surface area contributed by atoms with E-state index in [0.29, 0.717) is 25.9 Å². The Balaban J connectivity index is 1.48. The lowest BCUT2D eigenvalue weighted by Crippen LogP contribution is -2.61. The van der Waals surface area contributed by atoms with Crippen molar-refractivity contribution in [3.8, 4) is 0 Å². The van der Waals surface area contributed by atoms with Crippen LogP contribution in [0.25, 0.3) is 0 Å². The SMILES string of the molecule is CC(C)(C)OC(=O)NC(C)(C)C(=O)NC(COCc1ccccc1)C(=O)N1CCC2(CC1)c1ccccc1C(=O)C2(C)C. The summed E-state index contributed by atoms with van der Waals surface area (Å²) in [5.41, 5.74) is -0.266. The van der Waals surface area contributed by atoms with E-state index in [-0.39, 0.29) is 30.3 Å². The van der Waals surface area contributed by atoms with Gasteiger partial charge in [-0.2, -0.15) is 0 Å². The Morgan fingerprint density at radius 1 is 0.930 bits per heavy atom. The number of alkyl carbamates (subject to hydrolysis) is 1. The molecule has 2 N–H and O–H groups in total. The highest BCUT2D eigenvalue weighted by Gasteiger charge is 2.58. The molecular formula is C34H45N3O6. The second kappa shape index (κ2) is 12.1. The highest BCUT2D eigenvalue weighted by molar-refractivity contribution is 6.06. The average molecular weight is 592 g/mol. The van der Waals surface area contributed by atoms with Crippen molar-refractivity contribution in [2.75, 3.05) is 19.7 Å². The van der Waals surface area contributed by atoms with Gasteiger partial charge in [0, 0.05) is 29.5 Å². The lowest BCUT2D eigenvalue weighted by molar-refractivity contribution is -0.141. The summed E-state index contributed by atoms with van der Waals surface area (Å²) >= 11 is 0. The van der Waals surface area contributed by atoms with Gasteiger partial charge in [-0.25, -0.2) is 4.79 Å². The summed E-state index contributed by atoms with van der Waals surface area (Å²) < 4.78 is 11.2. The number of carbonyl (C=O) groups excluding carboxylic acids is 4. The Kier molecular flexibility index (Phi) is 9.07. The molecule has 0 radical (unpaired) electrons. The van der Waals surface area contributed by atoms with Gasteiger partial charge in [0.15, 0.2) is 5.78 Å². The first kappa shape index (κ1) is 32.2. The third-order valence-corrected chi connectivity index (χ3v) is 8.76. The number of hydrogen-bond acceptors (Lipinski definition) is 6. The molecule has 232 valence electrons. The number of ether oxygens (including phenoxy) is 2. The normalized spacial score (nSPS) is 18.1. The maximum Gasteiger partial charge on any atom is 0.408 e. The van der Waals surface area contributed by atoms with E-state index in [4.69, 9.17) is 9.47 Å². The number of nitrogens with one attached hydrogen (secondary N) is 2. The summed E-state index contributed by atoms with van der Waals surface area (Å²) in [6.45, 7) is 13.4. The number of carbonyl (C=O) groups is 4. The Hall–Kier alpha value is -3.72. The molecule has 1 aliphatic carbocycles. The molecule has 1 fully saturated rings. The van der Waals surface area contributed by atoms with Crippen molar-refractivity contribution in [2.45, 2.75) is 90.5 Å². The third kappa shape index (κ3) is 6.77. The van der Waals surface area contributed by atoms with E-state index >= 15 is 0 Å². The molecule has 9 heteroatoms. The smallest absolute Gasteiger partial charge is 0.408 e. The summed E-state index contributed by atoms with van der Waals surface area (Å²) in [5.74, 6) is -0.660. The van der Waals surface area contributed by atoms with Crippen LogP contribution in [0.5, 0.6) is 0 Å². The Morgan fingerprint density at radius 3 is 2.16 bits per heavy atom. The van der Waals surface area contributed by atoms with Crippen LogP contribution >= 0.6 is 0 Å². The minimum absolute atomic E-state index is 0.0452. The number of rotatable bonds is 8. The zero-order chi connectivity index (χ0) is 31.6. The first-order valence-electron chi connectivity index (χ1n) is 14.9. The molecule has 1 unspecified atom stereocenters. The van der Waals surface area contributed by atoms with Crippen LogP contribution in [0.3, 0.4) is 0 Å². The second-order valence-electron chi connectivity index (χ2n) is 13.7. The van der Waals surface area contributed by atoms with Gasteiger partial charge in [-0.05, 0) is 58.6 Å². The maximum atomic E-state index is 13.9. The van der Waals surface area contributed by atoms with Gasteiger partial charge in [0.25, 0.3) is 0 Å². The average Bonchev–Trinajstić information content (AvgIpc) is 3.10. The summed E-state index contributed by atoms with van der Waals surface area (Å²) in [5, 5.41) is 5.43. The quantitative estimate of drug-likeness (QED) is 0.457. The van der Waals surface area contributed by atoms with Crippen molar-refractivity contribution in [1.29, 1.82) is 0 Å². The lowest BCUT2D eigenvalue weighted by atomic mass is 9.60. The van der Waals surface area contributed by atoms with Gasteiger partial charge in [0.1, 0.15) is 17.2 Å². The summed E-state index contributed by atoms with van der Waals surface area (Å²) in [7, 11) is 0. The van der Waals surface area contributed by atoms with Crippen molar-refractivity contribution in [3.05, 3.63) is 71.3 Å². The molecule has 2 aromatic rings. The van der Waals surface area contributed by atoms with E-state index in [1.165, 1.54) is 0 Å². The molecule has 3 amide bonds. The van der Waals surface area contributed by atoms with Gasteiger partial charge in [-0.1, -0.05) is 68.4 Å². The van der Waals surface area contributed by atoms with Crippen molar-refractivity contribution in [2.24, 2.45) is 5.41 Å². The summed E-state index contributed by atoms with van der Waals surface area (Å²) in [6, 6.07) is 16.4. The predicted molar refractivity (Wildman–Crippen MR) is 164 cm³/mol. The van der Waals surface area contributed by atoms with Crippen LogP contribution in [-0.4, -0.2) is 65.5 Å². The zero-order valence-corrected chi connectivity index (χ0v) is 26.4. The Morgan fingerprint density at radius 2 is 1.53 bits per heavy atom. The van der Waals surface area contributed by atoms with Crippen molar-refractivity contribution in [3.63, 3.8) is 0 Å². The molecule has 1 atom stereocenters. The number of hydrogen-bond donors (Lipinski definition) is 2. The number of amides is 3. The fourth-order valence-electron chi connectivity index (χ4n) is 6.21. The lowest BCUT2D eigenvalue weighted by Gasteiger charge is -2.47. The standard InChI is InChI=1S/C34H45N3O6/c1-31(2,3)43-30(41)36-33(6,7)29(40)35-26(22-42-21-23-13-9-8-10-14-23)28(39)37-19-17-34(18-20-37)25-16-12-11-15-24(25)27(38)32(34,4)5/h8-16,26H,17-22H2,1-7H3,(H,35,40)(H,36,41). The number of ketones is 1. The molecule has 2 aliphatic rings. The highest BCUT2D eigenvalue weighted by Crippen LogP contribution is 2.56. The molecule has 9 nitrogen and oxygen atoms in total. The molecule has 43 heavy (non-hydrogen) atoms. The van der Waals surface area contributed by atoms with E-state index in [1.807, 2.05) is 68.4 Å². The fourth-order valence-corrected chi connectivity index (χ4v) is 6.21. The molecule has 0 bridgehead atoms. The fraction of sp³-hybridized carbons (Fsp3) is 0.529. The number of nitrogens with zero attached hydrogens (tertiary/aromatic N) is 1. The first-order chi connectivity index (χ1) is 20.1. The largest absolute Gasteiger partial charge is 0.444 e. The highest BCUT2D eigenvalue weighted by atomic mass is 16.6. The number of likely N-dealkylation sites (tertiary alicyclic amines) is 1. The molecule has 1 aliphatic heterocycles. The van der Waals surface area contributed by atoms with E-state index in [1.54, 1.807) is 39.5 Å². The van der Waals surface area contributed by atoms with E-state index in [9.17, 15) is 19.2 Å². The second-order valence-corrected chi connectivity index (χ2v) is 13.7. The number of fused-ring (bicyclic) bond motifs is 2. The zero-order valence-electron chi connectivity index (χ0n) is 26.4. The Bertz CT molecular complexity index is 1350. The molecule has 1 heterocycles. The minimum atomic E-state index is -1.36. The minimum Gasteiger partial charge on any atom is -0.444 e. The number of benzene rings is 2. The Labute approximate surface area is 254 Å². The van der Waals surface area contributed by atoms with Crippen LogP contribution in [0.1, 0.15) is 82.8 Å². The summed E-state index contributed by atoms with van der Waals surface area (Å²) in [4.78, 5) is 54.9. The molecule has 0 aromatic heterocycles. The van der Waals surface area contributed by atoms with Crippen LogP contribution < -0.4 is 10.6 Å². The van der Waals surface area contributed by atoms with Crippen molar-refractivity contribution in [1.82, 2.24) is 15.5 Å². The van der Waals surface area contributed by atoms with Gasteiger partial charge in [0.05, 0.1) is 13.2 Å². The molecule has 4 rings (SSSR count). The topological polar surface area (TPSA) is 114 Å². The van der Waals surface area contributed by atoms with Crippen LogP contribution in [-0.2, 0) is 31.1 Å². The van der Waals surface area contributed by atoms with Gasteiger partial charge < -0.3 is 25.0 Å². The molecule has 0 saturated carbocycles. The van der Waals surface area contributed by atoms with Gasteiger partial charge in [0.2, 0.25) is 11.8 Å². The number of Topliss-reactive ketones (excluding diaryl/α,β-unsaturated/α-hetero) is 1. The first-order valence-corrected chi connectivity index (χ1v) is 14.9. The van der Waals surface area contributed by atoms with Crippen molar-refractivity contribution >= 4 is 23.7 Å². The molecule has 1 saturated heterocycles. The molecular weight excluding hydrogens is 546 g/mol. The molecule has 1 spiro atoms. The van der Waals surface area contributed by atoms with Crippen molar-refractivity contribution < 1.29 is 28.7 Å². The van der Waals surface area contributed by atoms with Crippen LogP contribution in [0.4, 0.5) is 4.79 Å². The molecule has 2 aromatic carbocycles. The monoisotopic (exact) mass is 591 g/mol. The van der Waals surface area contributed by atoms with Crippen LogP contribution in [0.15, 0.2) is 54.6 Å². The van der Waals surface area contributed by atoms with Crippen LogP contribution in [0, 0.1) is 5.41 Å². The van der Waals surface area contributed by atoms with Gasteiger partial charge >= 0.3 is 6.09 Å². The third-order valence-electron chi connectivity index (χ3n) is 8.76.